The molecule has 0 bridgehead atoms. The van der Waals surface area contributed by atoms with E-state index >= 15 is 0 Å². The number of benzene rings is 2. The number of aromatic hydroxyl groups is 1. The maximum absolute atomic E-state index is 13.4. The van der Waals surface area contributed by atoms with Gasteiger partial charge in [-0.05, 0) is 41.7 Å². The molecule has 0 fully saturated rings. The van der Waals surface area contributed by atoms with Gasteiger partial charge in [-0.2, -0.15) is 0 Å². The lowest BCUT2D eigenvalue weighted by Crippen LogP contribution is -2.49. The number of nitrogen functional groups attached to an aromatic ring is 1. The summed E-state index contributed by atoms with van der Waals surface area (Å²) >= 11 is 0. The molecule has 0 saturated heterocycles. The number of nitrogens with two attached hydrogens (primary N) is 1. The number of phenolic OH excluding ortho intramolecular Hbond substituents is 1. The highest BCUT2D eigenvalue weighted by molar-refractivity contribution is 5.82. The second kappa shape index (κ2) is 10.8. The number of likely N-dealkylation sites (N-methyl/N-ethyl adjacent to an activating group) is 1. The van der Waals surface area contributed by atoms with Crippen LogP contribution in [0.2, 0.25) is 0 Å². The Morgan fingerprint density at radius 1 is 1.09 bits per heavy atom. The number of carbonyl (C=O) groups is 1. The quantitative estimate of drug-likeness (QED) is 0.448. The highest BCUT2D eigenvalue weighted by Gasteiger charge is 2.30. The standard InChI is InChI=1S/C26H32N4O2/c1-18(2)24(26(32)30(3)16-13-19-7-5-4-6-8-19)29-25(20-11-14-28-15-12-20)22-10-9-21(27)17-23(22)31/h4-12,14-15,17-18,24-25,29,31H,13,16,27H2,1-3H3. The number of carbonyl (C=O) groups excluding carboxylic acids is 1. The molecule has 168 valence electrons. The van der Waals surface area contributed by atoms with Crippen LogP contribution in [0.3, 0.4) is 0 Å². The summed E-state index contributed by atoms with van der Waals surface area (Å²) in [4.78, 5) is 19.3. The van der Waals surface area contributed by atoms with Crippen molar-refractivity contribution in [1.82, 2.24) is 15.2 Å². The Morgan fingerprint density at radius 2 is 1.78 bits per heavy atom. The molecule has 0 saturated carbocycles. The molecule has 0 aliphatic rings. The first-order valence-electron chi connectivity index (χ1n) is 10.9. The van der Waals surface area contributed by atoms with Gasteiger partial charge in [-0.25, -0.2) is 0 Å². The minimum atomic E-state index is -0.439. The van der Waals surface area contributed by atoms with Crippen molar-refractivity contribution < 1.29 is 9.90 Å². The van der Waals surface area contributed by atoms with Gasteiger partial charge in [0.05, 0.1) is 12.1 Å². The Balaban J connectivity index is 1.83. The zero-order valence-corrected chi connectivity index (χ0v) is 18.9. The maximum atomic E-state index is 13.4. The van der Waals surface area contributed by atoms with E-state index in [-0.39, 0.29) is 17.6 Å². The minimum absolute atomic E-state index is 0.0184. The number of amides is 1. The summed E-state index contributed by atoms with van der Waals surface area (Å²) in [6, 6.07) is 18.2. The summed E-state index contributed by atoms with van der Waals surface area (Å²) in [7, 11) is 1.84. The number of phenols is 1. The molecule has 32 heavy (non-hydrogen) atoms. The second-order valence-electron chi connectivity index (χ2n) is 8.42. The van der Waals surface area contributed by atoms with Gasteiger partial charge in [0.2, 0.25) is 5.91 Å². The third-order valence-electron chi connectivity index (χ3n) is 5.64. The molecule has 0 radical (unpaired) electrons. The number of rotatable bonds is 9. The lowest BCUT2D eigenvalue weighted by Gasteiger charge is -2.31. The van der Waals surface area contributed by atoms with Crippen LogP contribution in [0.15, 0.2) is 73.1 Å². The number of pyridine rings is 1. The van der Waals surface area contributed by atoms with Gasteiger partial charge >= 0.3 is 0 Å². The summed E-state index contributed by atoms with van der Waals surface area (Å²) in [5.74, 6) is 0.151. The van der Waals surface area contributed by atoms with Crippen LogP contribution in [0.25, 0.3) is 0 Å². The van der Waals surface area contributed by atoms with Crippen LogP contribution in [0.1, 0.15) is 36.6 Å². The Morgan fingerprint density at radius 3 is 2.41 bits per heavy atom. The number of hydrogen-bond acceptors (Lipinski definition) is 5. The first-order valence-corrected chi connectivity index (χ1v) is 10.9. The van der Waals surface area contributed by atoms with E-state index in [1.54, 1.807) is 29.4 Å². The Labute approximate surface area is 190 Å². The van der Waals surface area contributed by atoms with Gasteiger partial charge in [0.15, 0.2) is 0 Å². The molecule has 2 unspecified atom stereocenters. The fourth-order valence-electron chi connectivity index (χ4n) is 3.74. The zero-order chi connectivity index (χ0) is 23.1. The van der Waals surface area contributed by atoms with E-state index < -0.39 is 12.1 Å². The van der Waals surface area contributed by atoms with Gasteiger partial charge in [-0.1, -0.05) is 50.2 Å². The van der Waals surface area contributed by atoms with Crippen LogP contribution in [0.4, 0.5) is 5.69 Å². The van der Waals surface area contributed by atoms with Crippen LogP contribution < -0.4 is 11.1 Å². The van der Waals surface area contributed by atoms with Gasteiger partial charge < -0.3 is 15.7 Å². The van der Waals surface area contributed by atoms with Crippen LogP contribution in [-0.2, 0) is 11.2 Å². The van der Waals surface area contributed by atoms with Gasteiger partial charge in [-0.3, -0.25) is 15.1 Å². The van der Waals surface area contributed by atoms with E-state index in [0.717, 1.165) is 12.0 Å². The molecule has 6 heteroatoms. The Bertz CT molecular complexity index is 1010. The van der Waals surface area contributed by atoms with Crippen LogP contribution in [0.5, 0.6) is 5.75 Å². The summed E-state index contributed by atoms with van der Waals surface area (Å²) in [5, 5.41) is 14.1. The fraction of sp³-hybridized carbons (Fsp3) is 0.308. The third-order valence-corrected chi connectivity index (χ3v) is 5.64. The van der Waals surface area contributed by atoms with E-state index in [1.165, 1.54) is 11.6 Å². The van der Waals surface area contributed by atoms with Crippen molar-refractivity contribution >= 4 is 11.6 Å². The van der Waals surface area contributed by atoms with E-state index in [9.17, 15) is 9.90 Å². The number of anilines is 1. The highest BCUT2D eigenvalue weighted by atomic mass is 16.3. The summed E-state index contributed by atoms with van der Waals surface area (Å²) in [5.41, 5.74) is 9.08. The molecule has 1 heterocycles. The van der Waals surface area contributed by atoms with E-state index in [1.807, 2.05) is 51.2 Å². The van der Waals surface area contributed by atoms with Crippen molar-refractivity contribution in [3.05, 3.63) is 89.7 Å². The van der Waals surface area contributed by atoms with Crippen molar-refractivity contribution in [3.8, 4) is 5.75 Å². The summed E-state index contributed by atoms with van der Waals surface area (Å²) in [6.07, 6.45) is 4.20. The number of nitrogens with zero attached hydrogens (tertiary/aromatic N) is 2. The fourth-order valence-corrected chi connectivity index (χ4v) is 3.74. The molecule has 3 aromatic rings. The minimum Gasteiger partial charge on any atom is -0.508 e. The maximum Gasteiger partial charge on any atom is 0.239 e. The average molecular weight is 433 g/mol. The molecule has 6 nitrogen and oxygen atoms in total. The third kappa shape index (κ3) is 5.86. The smallest absolute Gasteiger partial charge is 0.239 e. The monoisotopic (exact) mass is 432 g/mol. The van der Waals surface area contributed by atoms with Crippen molar-refractivity contribution in [2.75, 3.05) is 19.3 Å². The molecule has 0 spiro atoms. The topological polar surface area (TPSA) is 91.5 Å². The van der Waals surface area contributed by atoms with Crippen LogP contribution in [-0.4, -0.2) is 40.5 Å². The zero-order valence-electron chi connectivity index (χ0n) is 18.9. The van der Waals surface area contributed by atoms with Crippen LogP contribution >= 0.6 is 0 Å². The second-order valence-corrected chi connectivity index (χ2v) is 8.42. The molecule has 3 rings (SSSR count). The summed E-state index contributed by atoms with van der Waals surface area (Å²) in [6.45, 7) is 4.67. The lowest BCUT2D eigenvalue weighted by molar-refractivity contribution is -0.133. The molecule has 2 atom stereocenters. The number of aromatic nitrogens is 1. The lowest BCUT2D eigenvalue weighted by atomic mass is 9.94. The average Bonchev–Trinajstić information content (AvgIpc) is 2.79. The molecular formula is C26H32N4O2. The normalized spacial score (nSPS) is 13.0. The van der Waals surface area contributed by atoms with E-state index in [4.69, 9.17) is 5.73 Å². The van der Waals surface area contributed by atoms with Gasteiger partial charge in [-0.15, -0.1) is 0 Å². The van der Waals surface area contributed by atoms with E-state index in [0.29, 0.717) is 17.8 Å². The highest BCUT2D eigenvalue weighted by Crippen LogP contribution is 2.31. The predicted octanol–water partition coefficient (Wildman–Crippen LogP) is 3.77. The molecule has 4 N–H and O–H groups in total. The first-order chi connectivity index (χ1) is 15.4. The molecule has 0 aliphatic heterocycles. The molecular weight excluding hydrogens is 400 g/mol. The number of hydrogen-bond donors (Lipinski definition) is 3. The summed E-state index contributed by atoms with van der Waals surface area (Å²) < 4.78 is 0. The SMILES string of the molecule is CC(C)C(NC(c1ccncc1)c1ccc(N)cc1O)C(=O)N(C)CCc1ccccc1. The van der Waals surface area contributed by atoms with Gasteiger partial charge in [0.25, 0.3) is 0 Å². The van der Waals surface area contributed by atoms with Crippen LogP contribution in [0, 0.1) is 5.92 Å². The first kappa shape index (κ1) is 23.3. The van der Waals surface area contributed by atoms with Crippen molar-refractivity contribution in [1.29, 1.82) is 0 Å². The number of nitrogens with one attached hydrogen (secondary N) is 1. The Kier molecular flexibility index (Phi) is 7.84. The molecule has 0 aliphatic carbocycles. The predicted molar refractivity (Wildman–Crippen MR) is 128 cm³/mol. The van der Waals surface area contributed by atoms with Gasteiger partial charge in [0, 0.05) is 43.3 Å². The molecule has 2 aromatic carbocycles. The molecule has 1 amide bonds. The van der Waals surface area contributed by atoms with Crippen molar-refractivity contribution in [2.45, 2.75) is 32.4 Å². The van der Waals surface area contributed by atoms with E-state index in [2.05, 4.69) is 22.4 Å². The molecule has 1 aromatic heterocycles. The Hall–Kier alpha value is -3.38. The largest absolute Gasteiger partial charge is 0.508 e. The van der Waals surface area contributed by atoms with Crippen molar-refractivity contribution in [3.63, 3.8) is 0 Å². The van der Waals surface area contributed by atoms with Gasteiger partial charge in [0.1, 0.15) is 5.75 Å². The van der Waals surface area contributed by atoms with Crippen molar-refractivity contribution in [2.24, 2.45) is 5.92 Å².